The molecule has 4 N–H and O–H groups in total. The fourth-order valence-electron chi connectivity index (χ4n) is 1.88. The first kappa shape index (κ1) is 13.6. The van der Waals surface area contributed by atoms with Gasteiger partial charge in [-0.2, -0.15) is 5.10 Å². The lowest BCUT2D eigenvalue weighted by Crippen LogP contribution is -2.31. The number of aromatic nitrogens is 2. The van der Waals surface area contributed by atoms with E-state index in [0.29, 0.717) is 17.9 Å². The van der Waals surface area contributed by atoms with Gasteiger partial charge in [0.15, 0.2) is 0 Å². The summed E-state index contributed by atoms with van der Waals surface area (Å²) in [4.78, 5) is 24.6. The Kier molecular flexibility index (Phi) is 3.69. The largest absolute Gasteiger partial charge is 0.478 e. The van der Waals surface area contributed by atoms with E-state index in [0.717, 1.165) is 0 Å². The van der Waals surface area contributed by atoms with E-state index in [4.69, 9.17) is 10.8 Å². The number of hydrogen-bond donors (Lipinski definition) is 3. The van der Waals surface area contributed by atoms with E-state index in [-0.39, 0.29) is 17.2 Å². The van der Waals surface area contributed by atoms with Crippen LogP contribution in [0.1, 0.15) is 27.8 Å². The van der Waals surface area contributed by atoms with Crippen molar-refractivity contribution in [2.45, 2.75) is 6.92 Å². The number of carbonyl (C=O) groups excluding carboxylic acids is 1. The SMILES string of the molecule is CCN(C(=O)c1ccn[nH]1)c1ccc(C(=O)O)cc1N. The van der Waals surface area contributed by atoms with E-state index in [2.05, 4.69) is 10.2 Å². The molecule has 1 aromatic carbocycles. The Morgan fingerprint density at radius 2 is 2.15 bits per heavy atom. The molecule has 0 bridgehead atoms. The molecule has 0 aliphatic rings. The quantitative estimate of drug-likeness (QED) is 0.728. The number of carboxylic acids is 1. The summed E-state index contributed by atoms with van der Waals surface area (Å²) in [5.74, 6) is -1.34. The van der Waals surface area contributed by atoms with Gasteiger partial charge in [-0.15, -0.1) is 0 Å². The van der Waals surface area contributed by atoms with Crippen molar-refractivity contribution in [3.63, 3.8) is 0 Å². The van der Waals surface area contributed by atoms with Gasteiger partial charge in [-0.3, -0.25) is 9.89 Å². The zero-order valence-corrected chi connectivity index (χ0v) is 10.8. The van der Waals surface area contributed by atoms with E-state index in [9.17, 15) is 9.59 Å². The lowest BCUT2D eigenvalue weighted by molar-refractivity contribution is 0.0697. The molecular weight excluding hydrogens is 260 g/mol. The van der Waals surface area contributed by atoms with E-state index in [1.54, 1.807) is 13.0 Å². The third kappa shape index (κ3) is 2.46. The van der Waals surface area contributed by atoms with Crippen LogP contribution in [-0.2, 0) is 0 Å². The van der Waals surface area contributed by atoms with Crippen LogP contribution in [0.5, 0.6) is 0 Å². The van der Waals surface area contributed by atoms with Crippen molar-refractivity contribution in [3.05, 3.63) is 41.7 Å². The van der Waals surface area contributed by atoms with Gasteiger partial charge in [0.1, 0.15) is 5.69 Å². The maximum absolute atomic E-state index is 12.3. The molecule has 0 saturated carbocycles. The molecule has 1 aromatic heterocycles. The monoisotopic (exact) mass is 274 g/mol. The molecule has 7 nitrogen and oxygen atoms in total. The molecule has 20 heavy (non-hydrogen) atoms. The molecule has 7 heteroatoms. The molecule has 0 spiro atoms. The molecule has 0 aliphatic carbocycles. The van der Waals surface area contributed by atoms with Crippen molar-refractivity contribution >= 4 is 23.3 Å². The van der Waals surface area contributed by atoms with E-state index in [1.807, 2.05) is 0 Å². The number of nitrogens with zero attached hydrogens (tertiary/aromatic N) is 2. The first-order chi connectivity index (χ1) is 9.54. The van der Waals surface area contributed by atoms with Gasteiger partial charge in [0.25, 0.3) is 5.91 Å². The molecular formula is C13H14N4O3. The highest BCUT2D eigenvalue weighted by Gasteiger charge is 2.19. The van der Waals surface area contributed by atoms with E-state index < -0.39 is 5.97 Å². The Morgan fingerprint density at radius 1 is 1.40 bits per heavy atom. The number of aromatic carboxylic acids is 1. The molecule has 104 valence electrons. The van der Waals surface area contributed by atoms with Crippen molar-refractivity contribution in [3.8, 4) is 0 Å². The molecule has 0 fully saturated rings. The summed E-state index contributed by atoms with van der Waals surface area (Å²) in [6, 6.07) is 5.83. The fourth-order valence-corrected chi connectivity index (χ4v) is 1.88. The van der Waals surface area contributed by atoms with Gasteiger partial charge in [0.05, 0.1) is 16.9 Å². The highest BCUT2D eigenvalue weighted by Crippen LogP contribution is 2.25. The highest BCUT2D eigenvalue weighted by molar-refractivity contribution is 6.06. The predicted molar refractivity (Wildman–Crippen MR) is 73.8 cm³/mol. The normalized spacial score (nSPS) is 10.2. The summed E-state index contributed by atoms with van der Waals surface area (Å²) < 4.78 is 0. The standard InChI is InChI=1S/C13H14N4O3/c1-2-17(12(18)10-5-6-15-16-10)11-4-3-8(13(19)20)7-9(11)14/h3-7H,2,14H2,1H3,(H,15,16)(H,19,20). The molecule has 2 aromatic rings. The van der Waals surface area contributed by atoms with Gasteiger partial charge < -0.3 is 15.7 Å². The second-order valence-electron chi connectivity index (χ2n) is 4.10. The average Bonchev–Trinajstić information content (AvgIpc) is 2.94. The maximum Gasteiger partial charge on any atom is 0.335 e. The predicted octanol–water partition coefficient (Wildman–Crippen LogP) is 1.36. The summed E-state index contributed by atoms with van der Waals surface area (Å²) in [7, 11) is 0. The molecule has 2 rings (SSSR count). The Bertz CT molecular complexity index is 637. The van der Waals surface area contributed by atoms with Crippen LogP contribution in [-0.4, -0.2) is 33.7 Å². The lowest BCUT2D eigenvalue weighted by Gasteiger charge is -2.22. The van der Waals surface area contributed by atoms with Crippen LogP contribution >= 0.6 is 0 Å². The number of anilines is 2. The zero-order chi connectivity index (χ0) is 14.7. The smallest absolute Gasteiger partial charge is 0.335 e. The van der Waals surface area contributed by atoms with Gasteiger partial charge >= 0.3 is 5.97 Å². The number of aromatic amines is 1. The molecule has 1 amide bonds. The minimum atomic E-state index is -1.06. The fraction of sp³-hybridized carbons (Fsp3) is 0.154. The van der Waals surface area contributed by atoms with Crippen LogP contribution in [0.4, 0.5) is 11.4 Å². The Balaban J connectivity index is 2.37. The molecule has 0 atom stereocenters. The van der Waals surface area contributed by atoms with Crippen LogP contribution in [0.2, 0.25) is 0 Å². The first-order valence-electron chi connectivity index (χ1n) is 5.98. The third-order valence-corrected chi connectivity index (χ3v) is 2.86. The number of nitrogens with one attached hydrogen (secondary N) is 1. The summed E-state index contributed by atoms with van der Waals surface area (Å²) >= 11 is 0. The average molecular weight is 274 g/mol. The second kappa shape index (κ2) is 5.43. The number of rotatable bonds is 4. The van der Waals surface area contributed by atoms with Gasteiger partial charge in [0.2, 0.25) is 0 Å². The number of amides is 1. The Morgan fingerprint density at radius 3 is 2.65 bits per heavy atom. The summed E-state index contributed by atoms with van der Waals surface area (Å²) in [5, 5.41) is 15.2. The topological polar surface area (TPSA) is 112 Å². The van der Waals surface area contributed by atoms with Crippen LogP contribution in [0, 0.1) is 0 Å². The molecule has 1 heterocycles. The van der Waals surface area contributed by atoms with Crippen molar-refractivity contribution in [2.75, 3.05) is 17.2 Å². The Hall–Kier alpha value is -2.83. The molecule has 0 saturated heterocycles. The van der Waals surface area contributed by atoms with Gasteiger partial charge in [-0.25, -0.2) is 4.79 Å². The number of carbonyl (C=O) groups is 2. The molecule has 0 aliphatic heterocycles. The summed E-state index contributed by atoms with van der Waals surface area (Å²) in [6.07, 6.45) is 1.48. The van der Waals surface area contributed by atoms with Crippen LogP contribution < -0.4 is 10.6 Å². The molecule has 0 unspecified atom stereocenters. The minimum Gasteiger partial charge on any atom is -0.478 e. The number of nitrogens with two attached hydrogens (primary N) is 1. The van der Waals surface area contributed by atoms with Gasteiger partial charge in [-0.1, -0.05) is 0 Å². The van der Waals surface area contributed by atoms with Crippen LogP contribution in [0.15, 0.2) is 30.5 Å². The van der Waals surface area contributed by atoms with Crippen molar-refractivity contribution in [1.29, 1.82) is 0 Å². The van der Waals surface area contributed by atoms with Crippen LogP contribution in [0.25, 0.3) is 0 Å². The number of hydrogen-bond acceptors (Lipinski definition) is 4. The lowest BCUT2D eigenvalue weighted by atomic mass is 10.1. The summed E-state index contributed by atoms with van der Waals surface area (Å²) in [5.41, 5.74) is 6.97. The number of carboxylic acid groups (broad SMARTS) is 1. The second-order valence-corrected chi connectivity index (χ2v) is 4.10. The number of H-pyrrole nitrogens is 1. The van der Waals surface area contributed by atoms with Crippen LogP contribution in [0.3, 0.4) is 0 Å². The number of nitrogen functional groups attached to an aromatic ring is 1. The first-order valence-corrected chi connectivity index (χ1v) is 5.98. The van der Waals surface area contributed by atoms with E-state index in [1.165, 1.54) is 29.3 Å². The third-order valence-electron chi connectivity index (χ3n) is 2.86. The Labute approximate surface area is 115 Å². The van der Waals surface area contributed by atoms with Crippen molar-refractivity contribution in [1.82, 2.24) is 10.2 Å². The van der Waals surface area contributed by atoms with E-state index >= 15 is 0 Å². The summed E-state index contributed by atoms with van der Waals surface area (Å²) in [6.45, 7) is 2.20. The zero-order valence-electron chi connectivity index (χ0n) is 10.8. The maximum atomic E-state index is 12.3. The van der Waals surface area contributed by atoms with Crippen molar-refractivity contribution in [2.24, 2.45) is 0 Å². The van der Waals surface area contributed by atoms with Gasteiger partial charge in [0, 0.05) is 12.7 Å². The minimum absolute atomic E-state index is 0.0799. The number of benzene rings is 1. The van der Waals surface area contributed by atoms with Gasteiger partial charge in [-0.05, 0) is 31.2 Å². The highest BCUT2D eigenvalue weighted by atomic mass is 16.4. The van der Waals surface area contributed by atoms with Crippen molar-refractivity contribution < 1.29 is 14.7 Å². The molecule has 0 radical (unpaired) electrons.